The van der Waals surface area contributed by atoms with Gasteiger partial charge in [-0.05, 0) is 135 Å². The highest BCUT2D eigenvalue weighted by molar-refractivity contribution is 5.91. The van der Waals surface area contributed by atoms with E-state index >= 15 is 0 Å². The number of hydrogen-bond acceptors (Lipinski definition) is 6. The smallest absolute Gasteiger partial charge is 0.311 e. The fourth-order valence-corrected chi connectivity index (χ4v) is 10.7. The van der Waals surface area contributed by atoms with E-state index in [0.717, 1.165) is 114 Å². The number of H-pyrrole nitrogens is 1. The maximum absolute atomic E-state index is 14.0. The summed E-state index contributed by atoms with van der Waals surface area (Å²) in [4.78, 5) is 30.9. The molecular weight excluding hydrogens is 733 g/mol. The maximum Gasteiger partial charge on any atom is 0.311 e. The van der Waals surface area contributed by atoms with Crippen LogP contribution in [-0.2, 0) is 28.0 Å². The maximum atomic E-state index is 14.0. The number of fused-ring (bicyclic) bond motifs is 4. The molecule has 0 atom stereocenters. The molecule has 0 radical (unpaired) electrons. The number of ether oxygens (including phenoxy) is 3. The summed E-state index contributed by atoms with van der Waals surface area (Å²) in [5, 5.41) is 4.37. The van der Waals surface area contributed by atoms with E-state index in [1.54, 1.807) is 0 Å². The normalized spacial score (nSPS) is 14.1. The van der Waals surface area contributed by atoms with Gasteiger partial charge in [0, 0.05) is 22.7 Å². The molecule has 1 aromatic heterocycles. The third-order valence-electron chi connectivity index (χ3n) is 11.8. The number of likely N-dealkylation sites (N-methyl/N-ethyl adjacent to an activating group) is 1. The van der Waals surface area contributed by atoms with E-state index in [9.17, 15) is 9.59 Å². The van der Waals surface area contributed by atoms with Crippen LogP contribution in [0.25, 0.3) is 22.0 Å². The number of rotatable bonds is 20. The fourth-order valence-electron chi connectivity index (χ4n) is 10.7. The van der Waals surface area contributed by atoms with Crippen LogP contribution in [0.15, 0.2) is 54.7 Å². The molecule has 0 saturated heterocycles. The first kappa shape index (κ1) is 46.0. The topological polar surface area (TPSA) is 89.7 Å². The molecule has 0 amide bonds. The Morgan fingerprint density at radius 2 is 1.39 bits per heavy atom. The number of aromatic amines is 1. The van der Waals surface area contributed by atoms with Gasteiger partial charge in [0.1, 0.15) is 22.8 Å². The Kier molecular flexibility index (Phi) is 14.2. The van der Waals surface area contributed by atoms with Crippen LogP contribution < -0.4 is 19.5 Å². The summed E-state index contributed by atoms with van der Waals surface area (Å²) in [7, 11) is 0. The minimum absolute atomic E-state index is 0.0689. The highest BCUT2D eigenvalue weighted by atomic mass is 16.5. The third-order valence-corrected chi connectivity index (χ3v) is 11.8. The molecule has 2 heterocycles. The number of benzene rings is 3. The van der Waals surface area contributed by atoms with Gasteiger partial charge in [-0.15, -0.1) is 0 Å². The molecule has 0 unspecified atom stereocenters. The van der Waals surface area contributed by atoms with Crippen molar-refractivity contribution >= 4 is 22.8 Å². The Morgan fingerprint density at radius 1 is 0.763 bits per heavy atom. The van der Waals surface area contributed by atoms with Gasteiger partial charge in [-0.25, -0.2) is 0 Å². The zero-order chi connectivity index (χ0) is 43.4. The molecule has 59 heavy (non-hydrogen) atoms. The third kappa shape index (κ3) is 12.2. The molecule has 1 aliphatic heterocycles. The van der Waals surface area contributed by atoms with Crippen LogP contribution in [0.4, 0.5) is 0 Å². The van der Waals surface area contributed by atoms with E-state index in [0.29, 0.717) is 24.3 Å². The lowest BCUT2D eigenvalue weighted by molar-refractivity contribution is -0.137. The second-order valence-corrected chi connectivity index (χ2v) is 21.2. The van der Waals surface area contributed by atoms with E-state index < -0.39 is 5.60 Å². The van der Waals surface area contributed by atoms with Crippen molar-refractivity contribution in [3.8, 4) is 28.4 Å². The molecule has 5 rings (SSSR count). The average Bonchev–Trinajstić information content (AvgIpc) is 3.49. The minimum atomic E-state index is -0.507. The number of aryl methyl sites for hydroxylation is 2. The van der Waals surface area contributed by atoms with Crippen LogP contribution >= 0.6 is 0 Å². The largest absolute Gasteiger partial charge is 0.482 e. The van der Waals surface area contributed by atoms with Crippen molar-refractivity contribution in [2.75, 3.05) is 13.1 Å². The summed E-state index contributed by atoms with van der Waals surface area (Å²) in [5.41, 5.74) is 6.20. The van der Waals surface area contributed by atoms with Gasteiger partial charge in [-0.1, -0.05) is 112 Å². The molecule has 7 heteroatoms. The predicted octanol–water partition coefficient (Wildman–Crippen LogP) is 13.2. The SMILES string of the molecule is CCCCCc1cc(OC(=O)CC(C)(C)CC(C)(C)CC(C)(C)CC(C)(C)CC(=O)Oc2cccc3[nH]cc(CCNCC)c23)c2c(c1)OC(C)(C)c1ccc(C)cc1-2. The highest BCUT2D eigenvalue weighted by Crippen LogP contribution is 2.51. The van der Waals surface area contributed by atoms with Gasteiger partial charge in [0.25, 0.3) is 0 Å². The van der Waals surface area contributed by atoms with Gasteiger partial charge in [0.2, 0.25) is 0 Å². The van der Waals surface area contributed by atoms with Crippen molar-refractivity contribution in [2.24, 2.45) is 21.7 Å². The van der Waals surface area contributed by atoms with Crippen LogP contribution in [0.5, 0.6) is 17.2 Å². The molecule has 4 aromatic rings. The Morgan fingerprint density at radius 3 is 2.02 bits per heavy atom. The van der Waals surface area contributed by atoms with Gasteiger partial charge in [0.15, 0.2) is 0 Å². The average molecular weight is 807 g/mol. The first-order valence-corrected chi connectivity index (χ1v) is 22.2. The lowest BCUT2D eigenvalue weighted by atomic mass is 9.63. The van der Waals surface area contributed by atoms with Crippen molar-refractivity contribution in [1.29, 1.82) is 0 Å². The van der Waals surface area contributed by atoms with Crippen LogP contribution in [0.1, 0.15) is 157 Å². The summed E-state index contributed by atoms with van der Waals surface area (Å²) in [5.74, 6) is 1.56. The van der Waals surface area contributed by atoms with E-state index in [4.69, 9.17) is 14.2 Å². The Labute approximate surface area is 355 Å². The van der Waals surface area contributed by atoms with Gasteiger partial charge < -0.3 is 24.5 Å². The molecule has 7 nitrogen and oxygen atoms in total. The van der Waals surface area contributed by atoms with Crippen molar-refractivity contribution in [3.63, 3.8) is 0 Å². The molecule has 322 valence electrons. The second-order valence-electron chi connectivity index (χ2n) is 21.2. The van der Waals surface area contributed by atoms with Crippen LogP contribution in [0, 0.1) is 28.6 Å². The first-order chi connectivity index (χ1) is 27.5. The molecule has 0 saturated carbocycles. The van der Waals surface area contributed by atoms with Crippen molar-refractivity contribution in [2.45, 2.75) is 160 Å². The number of carbonyl (C=O) groups is 2. The molecule has 3 aromatic carbocycles. The molecule has 2 N–H and O–H groups in total. The number of aromatic nitrogens is 1. The van der Waals surface area contributed by atoms with Crippen molar-refractivity contribution in [1.82, 2.24) is 10.3 Å². The van der Waals surface area contributed by atoms with Crippen molar-refractivity contribution in [3.05, 3.63) is 77.0 Å². The minimum Gasteiger partial charge on any atom is -0.482 e. The molecular formula is C52H74N2O5. The molecule has 0 aliphatic carbocycles. The zero-order valence-electron chi connectivity index (χ0n) is 38.7. The highest BCUT2D eigenvalue weighted by Gasteiger charge is 2.40. The van der Waals surface area contributed by atoms with Gasteiger partial charge in [0.05, 0.1) is 18.4 Å². The number of unbranched alkanes of at least 4 members (excludes halogenated alkanes) is 2. The monoisotopic (exact) mass is 807 g/mol. The van der Waals surface area contributed by atoms with E-state index in [-0.39, 0.29) is 33.6 Å². The van der Waals surface area contributed by atoms with Crippen LogP contribution in [0.2, 0.25) is 0 Å². The Balaban J connectivity index is 1.24. The molecule has 0 fully saturated rings. The molecule has 1 aliphatic rings. The number of hydrogen-bond donors (Lipinski definition) is 2. The summed E-state index contributed by atoms with van der Waals surface area (Å²) in [6.07, 6.45) is 10.4. The number of nitrogens with one attached hydrogen (secondary N) is 2. The summed E-state index contributed by atoms with van der Waals surface area (Å²) in [6, 6.07) is 16.5. The van der Waals surface area contributed by atoms with Gasteiger partial charge in [-0.3, -0.25) is 9.59 Å². The predicted molar refractivity (Wildman–Crippen MR) is 244 cm³/mol. The molecule has 0 bridgehead atoms. The number of carbonyl (C=O) groups excluding carboxylic acids is 2. The first-order valence-electron chi connectivity index (χ1n) is 22.2. The van der Waals surface area contributed by atoms with Gasteiger partial charge in [-0.2, -0.15) is 0 Å². The summed E-state index contributed by atoms with van der Waals surface area (Å²) < 4.78 is 19.2. The number of esters is 2. The van der Waals surface area contributed by atoms with Gasteiger partial charge >= 0.3 is 11.9 Å². The van der Waals surface area contributed by atoms with E-state index in [2.05, 4.69) is 131 Å². The van der Waals surface area contributed by atoms with Crippen molar-refractivity contribution < 1.29 is 23.8 Å². The Hall–Kier alpha value is -4.10. The van der Waals surface area contributed by atoms with E-state index in [1.807, 2.05) is 24.4 Å². The fraction of sp³-hybridized carbons (Fsp3) is 0.577. The standard InChI is InChI=1S/C52H74N2O5/c1-14-16-17-19-36-27-42(47-38-26-35(3)22-23-39(38)52(12,13)59-43(47)28-36)58-45(56)30-49(6,7)33-51(10,11)34-50(8,9)32-48(4,5)29-44(55)57-41-21-18-20-40-46(41)37(31-54-40)24-25-53-15-2/h18,20-23,26-28,31,53-54H,14-17,19,24-25,29-30,32-34H2,1-13H3. The quantitative estimate of drug-likeness (QED) is 0.0525. The Bertz CT molecular complexity index is 2100. The van der Waals surface area contributed by atoms with Crippen LogP contribution in [-0.4, -0.2) is 30.0 Å². The lowest BCUT2D eigenvalue weighted by Crippen LogP contribution is -2.34. The van der Waals surface area contributed by atoms with E-state index in [1.165, 1.54) is 0 Å². The summed E-state index contributed by atoms with van der Waals surface area (Å²) in [6.45, 7) is 30.3. The van der Waals surface area contributed by atoms with Crippen LogP contribution in [0.3, 0.4) is 0 Å². The summed E-state index contributed by atoms with van der Waals surface area (Å²) >= 11 is 0. The lowest BCUT2D eigenvalue weighted by Gasteiger charge is -2.42. The zero-order valence-corrected chi connectivity index (χ0v) is 38.7. The molecule has 0 spiro atoms. The second kappa shape index (κ2) is 18.3.